The SMILES string of the molecule is CNCC1(CN(C)CC2CC(O)C2)CCOCC1. The Hall–Kier alpha value is -0.160. The Balaban J connectivity index is 1.79. The topological polar surface area (TPSA) is 44.7 Å². The van der Waals surface area contributed by atoms with Gasteiger partial charge in [-0.2, -0.15) is 0 Å². The molecule has 1 aliphatic carbocycles. The summed E-state index contributed by atoms with van der Waals surface area (Å²) in [6.07, 6.45) is 4.27. The molecule has 0 atom stereocenters. The largest absolute Gasteiger partial charge is 0.393 e. The Morgan fingerprint density at radius 3 is 2.56 bits per heavy atom. The van der Waals surface area contributed by atoms with Crippen molar-refractivity contribution in [3.63, 3.8) is 0 Å². The summed E-state index contributed by atoms with van der Waals surface area (Å²) in [4.78, 5) is 2.46. The van der Waals surface area contributed by atoms with Gasteiger partial charge in [-0.1, -0.05) is 0 Å². The summed E-state index contributed by atoms with van der Waals surface area (Å²) < 4.78 is 5.50. The number of ether oxygens (including phenoxy) is 1. The molecule has 4 heteroatoms. The quantitative estimate of drug-likeness (QED) is 0.734. The fourth-order valence-corrected chi connectivity index (χ4v) is 3.50. The van der Waals surface area contributed by atoms with Gasteiger partial charge in [0, 0.05) is 32.8 Å². The van der Waals surface area contributed by atoms with Crippen molar-refractivity contribution in [2.24, 2.45) is 11.3 Å². The Bertz CT molecular complexity index is 243. The first-order valence-electron chi connectivity index (χ1n) is 7.22. The van der Waals surface area contributed by atoms with E-state index < -0.39 is 0 Å². The third-order valence-electron chi connectivity index (χ3n) is 4.49. The lowest BCUT2D eigenvalue weighted by Crippen LogP contribution is -2.47. The van der Waals surface area contributed by atoms with E-state index in [4.69, 9.17) is 4.74 Å². The molecule has 18 heavy (non-hydrogen) atoms. The van der Waals surface area contributed by atoms with Crippen LogP contribution in [0.25, 0.3) is 0 Å². The molecule has 106 valence electrons. The minimum absolute atomic E-state index is 0.0299. The van der Waals surface area contributed by atoms with Crippen LogP contribution in [0.15, 0.2) is 0 Å². The molecule has 0 radical (unpaired) electrons. The van der Waals surface area contributed by atoms with E-state index in [1.165, 1.54) is 0 Å². The van der Waals surface area contributed by atoms with E-state index >= 15 is 0 Å². The fourth-order valence-electron chi connectivity index (χ4n) is 3.50. The van der Waals surface area contributed by atoms with E-state index in [2.05, 4.69) is 17.3 Å². The van der Waals surface area contributed by atoms with Gasteiger partial charge in [0.1, 0.15) is 0 Å². The number of nitrogens with one attached hydrogen (secondary N) is 1. The van der Waals surface area contributed by atoms with Gasteiger partial charge in [0.05, 0.1) is 6.10 Å². The van der Waals surface area contributed by atoms with Gasteiger partial charge in [0.2, 0.25) is 0 Å². The molecule has 4 nitrogen and oxygen atoms in total. The first-order valence-corrected chi connectivity index (χ1v) is 7.22. The van der Waals surface area contributed by atoms with E-state index in [9.17, 15) is 5.11 Å². The molecular formula is C14H28N2O2. The summed E-state index contributed by atoms with van der Waals surface area (Å²) in [5, 5.41) is 12.7. The standard InChI is InChI=1S/C14H28N2O2/c1-15-10-14(3-5-18-6-4-14)11-16(2)9-12-7-13(17)8-12/h12-13,15,17H,3-11H2,1-2H3. The average molecular weight is 256 g/mol. The van der Waals surface area contributed by atoms with E-state index in [1.807, 2.05) is 7.05 Å². The number of hydrogen-bond donors (Lipinski definition) is 2. The molecule has 0 amide bonds. The zero-order valence-corrected chi connectivity index (χ0v) is 11.8. The van der Waals surface area contributed by atoms with Gasteiger partial charge in [-0.05, 0) is 51.1 Å². The van der Waals surface area contributed by atoms with Gasteiger partial charge in [-0.25, -0.2) is 0 Å². The molecule has 0 bridgehead atoms. The molecule has 0 aromatic heterocycles. The Kier molecular flexibility index (Phi) is 5.01. The maximum absolute atomic E-state index is 9.34. The summed E-state index contributed by atoms with van der Waals surface area (Å²) in [5.41, 5.74) is 0.379. The van der Waals surface area contributed by atoms with Crippen molar-refractivity contribution < 1.29 is 9.84 Å². The first kappa shape index (κ1) is 14.3. The summed E-state index contributed by atoms with van der Waals surface area (Å²) in [6.45, 7) is 5.15. The van der Waals surface area contributed by atoms with Crippen molar-refractivity contribution >= 4 is 0 Å². The molecule has 1 aliphatic heterocycles. The molecule has 1 saturated carbocycles. The summed E-state index contributed by atoms with van der Waals surface area (Å²) in [6, 6.07) is 0. The van der Waals surface area contributed by atoms with Crippen LogP contribution in [-0.4, -0.2) is 63.1 Å². The first-order chi connectivity index (χ1) is 8.63. The molecule has 2 aliphatic rings. The summed E-state index contributed by atoms with van der Waals surface area (Å²) in [5.74, 6) is 0.705. The van der Waals surface area contributed by atoms with Gasteiger partial charge < -0.3 is 20.1 Å². The normalized spacial score (nSPS) is 31.3. The van der Waals surface area contributed by atoms with Crippen molar-refractivity contribution in [1.82, 2.24) is 10.2 Å². The summed E-state index contributed by atoms with van der Waals surface area (Å²) >= 11 is 0. The fraction of sp³-hybridized carbons (Fsp3) is 1.00. The minimum atomic E-state index is -0.0299. The zero-order chi connectivity index (χ0) is 13.0. The van der Waals surface area contributed by atoms with Crippen LogP contribution in [0.5, 0.6) is 0 Å². The Morgan fingerprint density at radius 2 is 2.00 bits per heavy atom. The van der Waals surface area contributed by atoms with Crippen molar-refractivity contribution in [2.45, 2.75) is 31.8 Å². The molecule has 1 saturated heterocycles. The lowest BCUT2D eigenvalue weighted by Gasteiger charge is -2.42. The number of hydrogen-bond acceptors (Lipinski definition) is 4. The van der Waals surface area contributed by atoms with Crippen LogP contribution in [0.4, 0.5) is 0 Å². The maximum Gasteiger partial charge on any atom is 0.0546 e. The second-order valence-electron chi connectivity index (χ2n) is 6.33. The molecule has 2 N–H and O–H groups in total. The van der Waals surface area contributed by atoms with Gasteiger partial charge >= 0.3 is 0 Å². The molecule has 0 spiro atoms. The minimum Gasteiger partial charge on any atom is -0.393 e. The van der Waals surface area contributed by atoms with Crippen LogP contribution < -0.4 is 5.32 Å². The maximum atomic E-state index is 9.34. The molecule has 0 aromatic carbocycles. The van der Waals surface area contributed by atoms with Crippen LogP contribution in [0.2, 0.25) is 0 Å². The van der Waals surface area contributed by atoms with Crippen LogP contribution in [-0.2, 0) is 4.74 Å². The van der Waals surface area contributed by atoms with Gasteiger partial charge in [-0.3, -0.25) is 0 Å². The Morgan fingerprint density at radius 1 is 1.33 bits per heavy atom. The van der Waals surface area contributed by atoms with E-state index in [-0.39, 0.29) is 6.10 Å². The van der Waals surface area contributed by atoms with Crippen molar-refractivity contribution in [1.29, 1.82) is 0 Å². The summed E-state index contributed by atoms with van der Waals surface area (Å²) in [7, 11) is 4.26. The van der Waals surface area contributed by atoms with E-state index in [0.717, 1.165) is 58.5 Å². The van der Waals surface area contributed by atoms with Crippen LogP contribution in [0.3, 0.4) is 0 Å². The lowest BCUT2D eigenvalue weighted by atomic mass is 9.78. The van der Waals surface area contributed by atoms with E-state index in [0.29, 0.717) is 11.3 Å². The van der Waals surface area contributed by atoms with Crippen LogP contribution in [0.1, 0.15) is 25.7 Å². The predicted molar refractivity (Wildman–Crippen MR) is 72.6 cm³/mol. The third-order valence-corrected chi connectivity index (χ3v) is 4.49. The zero-order valence-electron chi connectivity index (χ0n) is 11.8. The number of aliphatic hydroxyl groups excluding tert-OH is 1. The van der Waals surface area contributed by atoms with Crippen molar-refractivity contribution in [3.8, 4) is 0 Å². The smallest absolute Gasteiger partial charge is 0.0546 e. The predicted octanol–water partition coefficient (Wildman–Crippen LogP) is 0.705. The number of nitrogens with zero attached hydrogens (tertiary/aromatic N) is 1. The Labute approximate surface area is 111 Å². The molecule has 2 rings (SSSR count). The molecule has 1 heterocycles. The molecule has 2 fully saturated rings. The highest BCUT2D eigenvalue weighted by Gasteiger charge is 2.35. The second kappa shape index (κ2) is 6.33. The second-order valence-corrected chi connectivity index (χ2v) is 6.33. The van der Waals surface area contributed by atoms with Crippen molar-refractivity contribution in [3.05, 3.63) is 0 Å². The lowest BCUT2D eigenvalue weighted by molar-refractivity contribution is -0.0131. The van der Waals surface area contributed by atoms with Gasteiger partial charge in [-0.15, -0.1) is 0 Å². The van der Waals surface area contributed by atoms with Crippen LogP contribution in [0, 0.1) is 11.3 Å². The number of aliphatic hydroxyl groups is 1. The highest BCUT2D eigenvalue weighted by atomic mass is 16.5. The highest BCUT2D eigenvalue weighted by Crippen LogP contribution is 2.32. The van der Waals surface area contributed by atoms with Crippen molar-refractivity contribution in [2.75, 3.05) is 46.9 Å². The average Bonchev–Trinajstić information content (AvgIpc) is 2.28. The van der Waals surface area contributed by atoms with E-state index in [1.54, 1.807) is 0 Å². The number of rotatable bonds is 6. The molecular weight excluding hydrogens is 228 g/mol. The molecule has 0 unspecified atom stereocenters. The monoisotopic (exact) mass is 256 g/mol. The third kappa shape index (κ3) is 3.67. The highest BCUT2D eigenvalue weighted by molar-refractivity contribution is 4.88. The van der Waals surface area contributed by atoms with Gasteiger partial charge in [0.25, 0.3) is 0 Å². The van der Waals surface area contributed by atoms with Gasteiger partial charge in [0.15, 0.2) is 0 Å². The van der Waals surface area contributed by atoms with Crippen LogP contribution >= 0.6 is 0 Å². The molecule has 0 aromatic rings.